The third-order valence-corrected chi connectivity index (χ3v) is 5.11. The van der Waals surface area contributed by atoms with Crippen molar-refractivity contribution in [3.8, 4) is 17.7 Å². The first-order valence-corrected chi connectivity index (χ1v) is 10.4. The molecule has 1 amide bonds. The number of carbonyl (C=O) groups excluding carboxylic acids is 1. The largest absolute Gasteiger partial charge is 0.438 e. The van der Waals surface area contributed by atoms with Crippen molar-refractivity contribution in [1.82, 2.24) is 14.5 Å². The minimum Gasteiger partial charge on any atom is -0.438 e. The summed E-state index contributed by atoms with van der Waals surface area (Å²) < 4.78 is 7.24. The van der Waals surface area contributed by atoms with Crippen molar-refractivity contribution in [2.75, 3.05) is 5.32 Å². The van der Waals surface area contributed by atoms with Crippen molar-refractivity contribution in [2.24, 2.45) is 0 Å². The van der Waals surface area contributed by atoms with Gasteiger partial charge >= 0.3 is 0 Å². The van der Waals surface area contributed by atoms with Crippen LogP contribution in [0, 0.1) is 18.3 Å². The van der Waals surface area contributed by atoms with Gasteiger partial charge in [0, 0.05) is 24.8 Å². The van der Waals surface area contributed by atoms with Crippen LogP contribution in [0.15, 0.2) is 71.9 Å². The summed E-state index contributed by atoms with van der Waals surface area (Å²) in [4.78, 5) is 33.3. The highest BCUT2D eigenvalue weighted by atomic mass is 16.5. The Bertz CT molecular complexity index is 1420. The molecule has 8 heteroatoms. The molecular weight excluding hydrogens is 418 g/mol. The van der Waals surface area contributed by atoms with Gasteiger partial charge in [0.05, 0.1) is 17.2 Å². The number of nitriles is 1. The fourth-order valence-corrected chi connectivity index (χ4v) is 3.40. The summed E-state index contributed by atoms with van der Waals surface area (Å²) >= 11 is 0. The van der Waals surface area contributed by atoms with E-state index in [2.05, 4.69) is 15.3 Å². The number of nitrogens with one attached hydrogen (secondary N) is 1. The highest BCUT2D eigenvalue weighted by Crippen LogP contribution is 2.26. The fourth-order valence-electron chi connectivity index (χ4n) is 3.40. The summed E-state index contributed by atoms with van der Waals surface area (Å²) in [6, 6.07) is 17.8. The van der Waals surface area contributed by atoms with Gasteiger partial charge < -0.3 is 10.1 Å². The fraction of sp³-hybridized carbons (Fsp3) is 0.160. The Morgan fingerprint density at radius 2 is 2.00 bits per heavy atom. The van der Waals surface area contributed by atoms with Crippen LogP contribution < -0.4 is 15.6 Å². The van der Waals surface area contributed by atoms with E-state index >= 15 is 0 Å². The normalized spacial score (nSPS) is 10.5. The van der Waals surface area contributed by atoms with Crippen LogP contribution in [0.4, 0.5) is 5.69 Å². The third-order valence-electron chi connectivity index (χ3n) is 5.11. The molecule has 0 aliphatic heterocycles. The maximum atomic E-state index is 12.5. The maximum Gasteiger partial charge on any atom is 0.261 e. The van der Waals surface area contributed by atoms with Gasteiger partial charge in [0.25, 0.3) is 5.56 Å². The summed E-state index contributed by atoms with van der Waals surface area (Å²) in [6.45, 7) is 2.26. The Balaban J connectivity index is 1.35. The van der Waals surface area contributed by atoms with Crippen molar-refractivity contribution >= 4 is 22.5 Å². The number of rotatable bonds is 7. The lowest BCUT2D eigenvalue weighted by atomic mass is 10.1. The van der Waals surface area contributed by atoms with Gasteiger partial charge in [0.15, 0.2) is 0 Å². The lowest BCUT2D eigenvalue weighted by Gasteiger charge is -2.12. The lowest BCUT2D eigenvalue weighted by molar-refractivity contribution is -0.116. The second kappa shape index (κ2) is 9.75. The average molecular weight is 439 g/mol. The van der Waals surface area contributed by atoms with Crippen LogP contribution in [0.25, 0.3) is 10.9 Å². The van der Waals surface area contributed by atoms with E-state index in [1.54, 1.807) is 54.7 Å². The Morgan fingerprint density at radius 3 is 2.82 bits per heavy atom. The van der Waals surface area contributed by atoms with Crippen LogP contribution in [0.2, 0.25) is 0 Å². The van der Waals surface area contributed by atoms with E-state index in [0.29, 0.717) is 40.9 Å². The first-order valence-electron chi connectivity index (χ1n) is 10.4. The molecule has 164 valence electrons. The zero-order chi connectivity index (χ0) is 23.2. The molecule has 2 heterocycles. The molecule has 0 saturated carbocycles. The molecule has 0 fully saturated rings. The number of pyridine rings is 1. The zero-order valence-corrected chi connectivity index (χ0v) is 18.0. The summed E-state index contributed by atoms with van der Waals surface area (Å²) in [6.07, 6.45) is 3.84. The standard InChI is InChI=1S/C25H21N5O3/c1-17-14-19(33-24-18(15-26)6-4-12-27-24)10-11-21(17)29-23(31)9-5-13-30-16-28-22-8-3-2-7-20(22)25(30)32/h2-4,6-8,10-12,14,16H,5,9,13H2,1H3,(H,29,31). The molecule has 0 saturated heterocycles. The number of fused-ring (bicyclic) bond motifs is 1. The molecule has 4 rings (SSSR count). The molecule has 0 aliphatic rings. The van der Waals surface area contributed by atoms with E-state index < -0.39 is 0 Å². The Hall–Kier alpha value is -4.51. The predicted molar refractivity (Wildman–Crippen MR) is 124 cm³/mol. The number of ether oxygens (including phenoxy) is 1. The summed E-state index contributed by atoms with van der Waals surface area (Å²) in [5.41, 5.74) is 2.36. The van der Waals surface area contributed by atoms with Crippen LogP contribution >= 0.6 is 0 Å². The number of amides is 1. The SMILES string of the molecule is Cc1cc(Oc2ncccc2C#N)ccc1NC(=O)CCCn1cnc2ccccc2c1=O. The van der Waals surface area contributed by atoms with Gasteiger partial charge in [-0.15, -0.1) is 0 Å². The number of anilines is 1. The highest BCUT2D eigenvalue weighted by Gasteiger charge is 2.10. The van der Waals surface area contributed by atoms with E-state index in [-0.39, 0.29) is 23.8 Å². The van der Waals surface area contributed by atoms with Crippen LogP contribution in [0.5, 0.6) is 11.6 Å². The van der Waals surface area contributed by atoms with Gasteiger partial charge in [-0.05, 0) is 61.4 Å². The van der Waals surface area contributed by atoms with Gasteiger partial charge in [0.2, 0.25) is 11.8 Å². The molecule has 0 spiro atoms. The van der Waals surface area contributed by atoms with Gasteiger partial charge in [0.1, 0.15) is 17.4 Å². The first-order chi connectivity index (χ1) is 16.0. The highest BCUT2D eigenvalue weighted by molar-refractivity contribution is 5.91. The molecule has 0 aliphatic carbocycles. The van der Waals surface area contributed by atoms with Gasteiger partial charge in [-0.1, -0.05) is 12.1 Å². The predicted octanol–water partition coefficient (Wildman–Crippen LogP) is 4.18. The number of nitrogens with zero attached hydrogens (tertiary/aromatic N) is 4. The molecule has 2 aromatic heterocycles. The molecule has 1 N–H and O–H groups in total. The minimum absolute atomic E-state index is 0.111. The number of benzene rings is 2. The molecular formula is C25H21N5O3. The van der Waals surface area contributed by atoms with Gasteiger partial charge in [-0.25, -0.2) is 9.97 Å². The quantitative estimate of drug-likeness (QED) is 0.462. The molecule has 2 aromatic carbocycles. The number of para-hydroxylation sites is 1. The van der Waals surface area contributed by atoms with E-state index in [1.165, 1.54) is 10.9 Å². The Morgan fingerprint density at radius 1 is 1.15 bits per heavy atom. The molecule has 0 atom stereocenters. The van der Waals surface area contributed by atoms with Crippen molar-refractivity contribution in [3.05, 3.63) is 88.6 Å². The molecule has 4 aromatic rings. The maximum absolute atomic E-state index is 12.5. The Kier molecular flexibility index (Phi) is 6.41. The third kappa shape index (κ3) is 5.05. The number of carbonyl (C=O) groups is 1. The molecule has 33 heavy (non-hydrogen) atoms. The zero-order valence-electron chi connectivity index (χ0n) is 18.0. The molecule has 8 nitrogen and oxygen atoms in total. The monoisotopic (exact) mass is 439 g/mol. The molecule has 0 radical (unpaired) electrons. The number of aryl methyl sites for hydroxylation is 2. The molecule has 0 unspecified atom stereocenters. The van der Waals surface area contributed by atoms with Crippen molar-refractivity contribution < 1.29 is 9.53 Å². The number of hydrogen-bond acceptors (Lipinski definition) is 6. The topological polar surface area (TPSA) is 110 Å². The summed E-state index contributed by atoms with van der Waals surface area (Å²) in [7, 11) is 0. The van der Waals surface area contributed by atoms with Gasteiger partial charge in [-0.2, -0.15) is 5.26 Å². The van der Waals surface area contributed by atoms with Crippen molar-refractivity contribution in [1.29, 1.82) is 5.26 Å². The second-order valence-corrected chi connectivity index (χ2v) is 7.46. The minimum atomic E-state index is -0.148. The summed E-state index contributed by atoms with van der Waals surface area (Å²) in [5.74, 6) is 0.601. The van der Waals surface area contributed by atoms with Gasteiger partial charge in [-0.3, -0.25) is 14.2 Å². The van der Waals surface area contributed by atoms with Crippen molar-refractivity contribution in [3.63, 3.8) is 0 Å². The van der Waals surface area contributed by atoms with Crippen molar-refractivity contribution in [2.45, 2.75) is 26.3 Å². The van der Waals surface area contributed by atoms with Crippen LogP contribution in [-0.2, 0) is 11.3 Å². The van der Waals surface area contributed by atoms with Crippen LogP contribution in [-0.4, -0.2) is 20.4 Å². The van der Waals surface area contributed by atoms with E-state index in [1.807, 2.05) is 19.1 Å². The van der Waals surface area contributed by atoms with Crippen LogP contribution in [0.3, 0.4) is 0 Å². The smallest absolute Gasteiger partial charge is 0.261 e. The van der Waals surface area contributed by atoms with E-state index in [9.17, 15) is 9.59 Å². The second-order valence-electron chi connectivity index (χ2n) is 7.46. The summed E-state index contributed by atoms with van der Waals surface area (Å²) in [5, 5.41) is 12.6. The number of aromatic nitrogens is 3. The lowest BCUT2D eigenvalue weighted by Crippen LogP contribution is -2.21. The number of hydrogen-bond donors (Lipinski definition) is 1. The molecule has 0 bridgehead atoms. The first kappa shape index (κ1) is 21.7. The van der Waals surface area contributed by atoms with E-state index in [4.69, 9.17) is 10.00 Å². The van der Waals surface area contributed by atoms with Crippen LogP contribution in [0.1, 0.15) is 24.0 Å². The van der Waals surface area contributed by atoms with E-state index in [0.717, 1.165) is 5.56 Å². The average Bonchev–Trinajstić information content (AvgIpc) is 2.83. The Labute approximate surface area is 190 Å².